The molecule has 0 aliphatic heterocycles. The highest BCUT2D eigenvalue weighted by Gasteiger charge is 2.26. The van der Waals surface area contributed by atoms with E-state index in [9.17, 15) is 0 Å². The minimum Gasteiger partial charge on any atom is -0.458 e. The van der Waals surface area contributed by atoms with Crippen LogP contribution in [0.3, 0.4) is 0 Å². The van der Waals surface area contributed by atoms with Crippen molar-refractivity contribution in [3.8, 4) is 0 Å². The van der Waals surface area contributed by atoms with Crippen molar-refractivity contribution >= 4 is 38.5 Å². The van der Waals surface area contributed by atoms with E-state index in [4.69, 9.17) is 16.0 Å². The zero-order chi connectivity index (χ0) is 15.8. The SMILES string of the molecule is CC(C)CNCc1oc2c(Br)cc(Cl)cc2c1C(C)(C)C. The van der Waals surface area contributed by atoms with Crippen molar-refractivity contribution in [3.05, 3.63) is 33.0 Å². The summed E-state index contributed by atoms with van der Waals surface area (Å²) in [6.45, 7) is 12.7. The summed E-state index contributed by atoms with van der Waals surface area (Å²) in [5.41, 5.74) is 2.12. The summed E-state index contributed by atoms with van der Waals surface area (Å²) in [7, 11) is 0. The molecule has 0 saturated carbocycles. The molecule has 0 saturated heterocycles. The lowest BCUT2D eigenvalue weighted by Gasteiger charge is -2.19. The number of furan rings is 1. The molecule has 2 rings (SSSR count). The van der Waals surface area contributed by atoms with Crippen molar-refractivity contribution < 1.29 is 4.42 Å². The van der Waals surface area contributed by atoms with Crippen LogP contribution >= 0.6 is 27.5 Å². The third-order valence-corrected chi connectivity index (χ3v) is 4.18. The second-order valence-corrected chi connectivity index (χ2v) is 8.23. The highest BCUT2D eigenvalue weighted by molar-refractivity contribution is 9.10. The van der Waals surface area contributed by atoms with E-state index in [1.54, 1.807) is 0 Å². The van der Waals surface area contributed by atoms with Gasteiger partial charge in [-0.1, -0.05) is 46.2 Å². The van der Waals surface area contributed by atoms with Gasteiger partial charge in [0, 0.05) is 16.0 Å². The summed E-state index contributed by atoms with van der Waals surface area (Å²) >= 11 is 9.77. The third kappa shape index (κ3) is 3.82. The third-order valence-electron chi connectivity index (χ3n) is 3.37. The lowest BCUT2D eigenvalue weighted by molar-refractivity contribution is 0.464. The van der Waals surface area contributed by atoms with Crippen LogP contribution in [0.15, 0.2) is 21.0 Å². The molecule has 2 nitrogen and oxygen atoms in total. The monoisotopic (exact) mass is 371 g/mol. The molecule has 0 radical (unpaired) electrons. The van der Waals surface area contributed by atoms with Gasteiger partial charge in [-0.25, -0.2) is 0 Å². The lowest BCUT2D eigenvalue weighted by atomic mass is 9.84. The first-order valence-electron chi connectivity index (χ1n) is 7.31. The topological polar surface area (TPSA) is 25.2 Å². The number of hydrogen-bond acceptors (Lipinski definition) is 2. The maximum atomic E-state index is 6.21. The van der Waals surface area contributed by atoms with Crippen LogP contribution in [0.4, 0.5) is 0 Å². The Kier molecular flexibility index (Phi) is 5.07. The average molecular weight is 373 g/mol. The molecule has 0 spiro atoms. The minimum atomic E-state index is 0.00418. The molecule has 0 aliphatic carbocycles. The molecular formula is C17H23BrClNO. The fourth-order valence-electron chi connectivity index (χ4n) is 2.60. The molecular weight excluding hydrogens is 350 g/mol. The van der Waals surface area contributed by atoms with E-state index in [0.29, 0.717) is 5.92 Å². The van der Waals surface area contributed by atoms with Gasteiger partial charge in [0.1, 0.15) is 11.3 Å². The van der Waals surface area contributed by atoms with Gasteiger partial charge in [0.2, 0.25) is 0 Å². The Bertz CT molecular complexity index is 640. The maximum absolute atomic E-state index is 6.21. The number of hydrogen-bond donors (Lipinski definition) is 1. The van der Waals surface area contributed by atoms with Crippen LogP contribution in [0, 0.1) is 5.92 Å². The lowest BCUT2D eigenvalue weighted by Crippen LogP contribution is -2.21. The summed E-state index contributed by atoms with van der Waals surface area (Å²) in [5.74, 6) is 1.62. The molecule has 0 amide bonds. The van der Waals surface area contributed by atoms with Gasteiger partial charge in [0.15, 0.2) is 0 Å². The second-order valence-electron chi connectivity index (χ2n) is 6.94. The average Bonchev–Trinajstić information content (AvgIpc) is 2.66. The van der Waals surface area contributed by atoms with E-state index >= 15 is 0 Å². The molecule has 1 N–H and O–H groups in total. The van der Waals surface area contributed by atoms with Gasteiger partial charge in [-0.2, -0.15) is 0 Å². The first-order chi connectivity index (χ1) is 9.70. The zero-order valence-corrected chi connectivity index (χ0v) is 15.7. The van der Waals surface area contributed by atoms with Crippen LogP contribution in [-0.4, -0.2) is 6.54 Å². The quantitative estimate of drug-likeness (QED) is 0.723. The highest BCUT2D eigenvalue weighted by Crippen LogP contribution is 2.40. The Morgan fingerprint density at radius 1 is 1.29 bits per heavy atom. The summed E-state index contributed by atoms with van der Waals surface area (Å²) in [6.07, 6.45) is 0. The molecule has 21 heavy (non-hydrogen) atoms. The Morgan fingerprint density at radius 2 is 1.95 bits per heavy atom. The van der Waals surface area contributed by atoms with Gasteiger partial charge in [-0.15, -0.1) is 0 Å². The number of rotatable bonds is 4. The molecule has 0 unspecified atom stereocenters. The molecule has 4 heteroatoms. The van der Waals surface area contributed by atoms with Crippen molar-refractivity contribution in [2.45, 2.75) is 46.6 Å². The van der Waals surface area contributed by atoms with Gasteiger partial charge in [-0.3, -0.25) is 0 Å². The van der Waals surface area contributed by atoms with E-state index in [-0.39, 0.29) is 5.41 Å². The van der Waals surface area contributed by atoms with Crippen molar-refractivity contribution in [1.82, 2.24) is 5.32 Å². The maximum Gasteiger partial charge on any atom is 0.148 e. The first kappa shape index (κ1) is 16.9. The zero-order valence-electron chi connectivity index (χ0n) is 13.3. The fraction of sp³-hybridized carbons (Fsp3) is 0.529. The molecule has 1 aromatic carbocycles. The van der Waals surface area contributed by atoms with Crippen molar-refractivity contribution in [1.29, 1.82) is 0 Å². The Hall–Kier alpha value is -0.510. The highest BCUT2D eigenvalue weighted by atomic mass is 79.9. The van der Waals surface area contributed by atoms with E-state index in [0.717, 1.165) is 39.3 Å². The van der Waals surface area contributed by atoms with Crippen molar-refractivity contribution in [3.63, 3.8) is 0 Å². The summed E-state index contributed by atoms with van der Waals surface area (Å²) in [5, 5.41) is 5.29. The van der Waals surface area contributed by atoms with Crippen LogP contribution < -0.4 is 5.32 Å². The predicted octanol–water partition coefficient (Wildman–Crippen LogP) is 5.89. The van der Waals surface area contributed by atoms with E-state index in [2.05, 4.69) is 55.9 Å². The molecule has 116 valence electrons. The largest absolute Gasteiger partial charge is 0.458 e. The number of nitrogens with one attached hydrogen (secondary N) is 1. The number of halogens is 2. The summed E-state index contributed by atoms with van der Waals surface area (Å²) in [4.78, 5) is 0. The van der Waals surface area contributed by atoms with Gasteiger partial charge >= 0.3 is 0 Å². The van der Waals surface area contributed by atoms with Crippen LogP contribution in [0.2, 0.25) is 5.02 Å². The van der Waals surface area contributed by atoms with E-state index < -0.39 is 0 Å². The molecule has 1 heterocycles. The fourth-order valence-corrected chi connectivity index (χ4v) is 3.49. The molecule has 0 aliphatic rings. The molecule has 1 aromatic heterocycles. The minimum absolute atomic E-state index is 0.00418. The van der Waals surface area contributed by atoms with Gasteiger partial charge in [-0.05, 0) is 45.9 Å². The van der Waals surface area contributed by atoms with Crippen LogP contribution in [0.5, 0.6) is 0 Å². The normalized spacial score (nSPS) is 12.6. The van der Waals surface area contributed by atoms with Gasteiger partial charge < -0.3 is 9.73 Å². The van der Waals surface area contributed by atoms with Gasteiger partial charge in [0.25, 0.3) is 0 Å². The van der Waals surface area contributed by atoms with E-state index in [1.807, 2.05) is 12.1 Å². The second kappa shape index (κ2) is 6.31. The van der Waals surface area contributed by atoms with Crippen LogP contribution in [0.1, 0.15) is 45.9 Å². The van der Waals surface area contributed by atoms with Crippen molar-refractivity contribution in [2.75, 3.05) is 6.54 Å². The Labute approximate surface area is 140 Å². The van der Waals surface area contributed by atoms with Gasteiger partial charge in [0.05, 0.1) is 11.0 Å². The smallest absolute Gasteiger partial charge is 0.148 e. The first-order valence-corrected chi connectivity index (χ1v) is 8.49. The molecule has 0 fully saturated rings. The summed E-state index contributed by atoms with van der Waals surface area (Å²) < 4.78 is 7.03. The van der Waals surface area contributed by atoms with E-state index in [1.165, 1.54) is 5.56 Å². The predicted molar refractivity (Wildman–Crippen MR) is 94.2 cm³/mol. The van der Waals surface area contributed by atoms with Crippen LogP contribution in [-0.2, 0) is 12.0 Å². The number of fused-ring (bicyclic) bond motifs is 1. The summed E-state index contributed by atoms with van der Waals surface area (Å²) in [6, 6.07) is 3.88. The Balaban J connectivity index is 2.51. The molecule has 0 atom stereocenters. The standard InChI is InChI=1S/C17H23BrClNO/c1-10(2)8-20-9-14-15(17(3,4)5)12-6-11(19)7-13(18)16(12)21-14/h6-7,10,20H,8-9H2,1-5H3. The molecule has 2 aromatic rings. The van der Waals surface area contributed by atoms with Crippen molar-refractivity contribution in [2.24, 2.45) is 5.92 Å². The van der Waals surface area contributed by atoms with Crippen LogP contribution in [0.25, 0.3) is 11.0 Å². The number of benzene rings is 1. The Morgan fingerprint density at radius 3 is 2.52 bits per heavy atom. The molecule has 0 bridgehead atoms.